The number of nitrogens with one attached hydrogen (secondary N) is 1. The van der Waals surface area contributed by atoms with E-state index in [1.807, 2.05) is 48.7 Å². The van der Waals surface area contributed by atoms with Crippen LogP contribution in [0, 0.1) is 5.82 Å². The largest absolute Gasteiger partial charge is 0.379 e. The van der Waals surface area contributed by atoms with E-state index in [-0.39, 0.29) is 31.0 Å². The molecule has 2 heterocycles. The third kappa shape index (κ3) is 4.50. The Bertz CT molecular complexity index is 1170. The predicted molar refractivity (Wildman–Crippen MR) is 125 cm³/mol. The van der Waals surface area contributed by atoms with Crippen molar-refractivity contribution in [3.05, 3.63) is 71.7 Å². The first-order chi connectivity index (χ1) is 15.8. The van der Waals surface area contributed by atoms with E-state index in [4.69, 9.17) is 4.74 Å². The second-order valence-corrected chi connectivity index (χ2v) is 8.96. The summed E-state index contributed by atoms with van der Waals surface area (Å²) in [5.74, 6) is -0.952. The van der Waals surface area contributed by atoms with Gasteiger partial charge >= 0.3 is 0 Å². The van der Waals surface area contributed by atoms with Crippen molar-refractivity contribution in [2.45, 2.75) is 51.9 Å². The molecular formula is C26H30FN3O3. The van der Waals surface area contributed by atoms with E-state index in [0.29, 0.717) is 30.8 Å². The average Bonchev–Trinajstić information content (AvgIpc) is 3.15. The summed E-state index contributed by atoms with van der Waals surface area (Å²) in [6.07, 6.45) is 0.796. The lowest BCUT2D eigenvalue weighted by Gasteiger charge is -2.44. The van der Waals surface area contributed by atoms with Crippen molar-refractivity contribution in [2.24, 2.45) is 0 Å². The zero-order valence-corrected chi connectivity index (χ0v) is 19.3. The molecule has 0 bridgehead atoms. The first kappa shape index (κ1) is 23.0. The zero-order valence-electron chi connectivity index (χ0n) is 19.3. The summed E-state index contributed by atoms with van der Waals surface area (Å²) >= 11 is 0. The second-order valence-electron chi connectivity index (χ2n) is 8.96. The molecule has 2 amide bonds. The summed E-state index contributed by atoms with van der Waals surface area (Å²) in [4.78, 5) is 28.6. The first-order valence-corrected chi connectivity index (χ1v) is 11.3. The molecule has 1 N–H and O–H groups in total. The minimum absolute atomic E-state index is 0.00735. The lowest BCUT2D eigenvalue weighted by atomic mass is 9.93. The van der Waals surface area contributed by atoms with Gasteiger partial charge in [0.2, 0.25) is 5.91 Å². The Balaban J connectivity index is 1.66. The zero-order chi connectivity index (χ0) is 23.6. The van der Waals surface area contributed by atoms with Crippen LogP contribution in [-0.4, -0.2) is 46.1 Å². The SMILES string of the molecule is CC(C)OCCCNC(=O)C1(C)Cn2c(cc3ccccc32)C(=O)N1Cc1ccccc1F. The molecule has 6 nitrogen and oxygen atoms in total. The van der Waals surface area contributed by atoms with Crippen LogP contribution in [0.25, 0.3) is 10.9 Å². The van der Waals surface area contributed by atoms with E-state index in [2.05, 4.69) is 5.32 Å². The van der Waals surface area contributed by atoms with Crippen molar-refractivity contribution >= 4 is 22.7 Å². The van der Waals surface area contributed by atoms with Gasteiger partial charge in [-0.05, 0) is 45.4 Å². The molecule has 1 aromatic heterocycles. The number of amides is 2. The Morgan fingerprint density at radius 2 is 1.91 bits per heavy atom. The third-order valence-corrected chi connectivity index (χ3v) is 6.17. The van der Waals surface area contributed by atoms with Gasteiger partial charge in [0.25, 0.3) is 5.91 Å². The highest BCUT2D eigenvalue weighted by atomic mass is 19.1. The number of ether oxygens (including phenoxy) is 1. The van der Waals surface area contributed by atoms with E-state index in [1.54, 1.807) is 25.1 Å². The lowest BCUT2D eigenvalue weighted by molar-refractivity contribution is -0.133. The summed E-state index contributed by atoms with van der Waals surface area (Å²) in [6, 6.07) is 15.9. The fraction of sp³-hybridized carbons (Fsp3) is 0.385. The smallest absolute Gasteiger partial charge is 0.271 e. The van der Waals surface area contributed by atoms with Crippen molar-refractivity contribution in [2.75, 3.05) is 13.2 Å². The van der Waals surface area contributed by atoms with E-state index in [1.165, 1.54) is 11.0 Å². The van der Waals surface area contributed by atoms with Gasteiger partial charge < -0.3 is 19.5 Å². The van der Waals surface area contributed by atoms with E-state index in [0.717, 1.165) is 10.9 Å². The third-order valence-electron chi connectivity index (χ3n) is 6.17. The van der Waals surface area contributed by atoms with E-state index in [9.17, 15) is 14.0 Å². The minimum atomic E-state index is -1.19. The molecule has 0 fully saturated rings. The maximum absolute atomic E-state index is 14.5. The highest BCUT2D eigenvalue weighted by Gasteiger charge is 2.47. The number of carbonyl (C=O) groups excluding carboxylic acids is 2. The summed E-state index contributed by atoms with van der Waals surface area (Å²) in [7, 11) is 0. The van der Waals surface area contributed by atoms with Gasteiger partial charge in [-0.3, -0.25) is 9.59 Å². The molecule has 7 heteroatoms. The number of para-hydroxylation sites is 1. The van der Waals surface area contributed by atoms with Crippen molar-refractivity contribution in [1.82, 2.24) is 14.8 Å². The van der Waals surface area contributed by atoms with Crippen LogP contribution in [0.2, 0.25) is 0 Å². The molecule has 33 heavy (non-hydrogen) atoms. The van der Waals surface area contributed by atoms with Gasteiger partial charge in [0.1, 0.15) is 17.1 Å². The first-order valence-electron chi connectivity index (χ1n) is 11.3. The number of hydrogen-bond donors (Lipinski definition) is 1. The van der Waals surface area contributed by atoms with Gasteiger partial charge in [-0.15, -0.1) is 0 Å². The van der Waals surface area contributed by atoms with E-state index >= 15 is 0 Å². The predicted octanol–water partition coefficient (Wildman–Crippen LogP) is 4.13. The highest BCUT2D eigenvalue weighted by Crippen LogP contribution is 2.33. The Morgan fingerprint density at radius 1 is 1.18 bits per heavy atom. The van der Waals surface area contributed by atoms with Crippen LogP contribution in [0.1, 0.15) is 43.2 Å². The number of fused-ring (bicyclic) bond motifs is 3. The number of benzene rings is 2. The molecule has 2 aromatic carbocycles. The maximum Gasteiger partial charge on any atom is 0.271 e. The minimum Gasteiger partial charge on any atom is -0.379 e. The quantitative estimate of drug-likeness (QED) is 0.524. The molecule has 1 aliphatic heterocycles. The van der Waals surface area contributed by atoms with Crippen LogP contribution >= 0.6 is 0 Å². The standard InChI is InChI=1S/C26H30FN3O3/c1-18(2)33-14-8-13-28-25(32)26(3)17-29-22-12-7-5-9-19(22)15-23(29)24(31)30(26)16-20-10-4-6-11-21(20)27/h4-7,9-12,15,18H,8,13-14,16-17H2,1-3H3,(H,28,32). The Labute approximate surface area is 193 Å². The molecule has 0 radical (unpaired) electrons. The molecule has 1 atom stereocenters. The monoisotopic (exact) mass is 451 g/mol. The molecule has 0 spiro atoms. The van der Waals surface area contributed by atoms with Gasteiger partial charge in [0.05, 0.1) is 19.2 Å². The van der Waals surface area contributed by atoms with E-state index < -0.39 is 11.4 Å². The van der Waals surface area contributed by atoms with Crippen molar-refractivity contribution in [1.29, 1.82) is 0 Å². The number of halogens is 1. The number of hydrogen-bond acceptors (Lipinski definition) is 3. The molecular weight excluding hydrogens is 421 g/mol. The normalized spacial score (nSPS) is 18.1. The number of carbonyl (C=O) groups is 2. The molecule has 0 saturated carbocycles. The van der Waals surface area contributed by atoms with Crippen LogP contribution in [0.3, 0.4) is 0 Å². The number of rotatable bonds is 8. The van der Waals surface area contributed by atoms with Crippen LogP contribution in [0.15, 0.2) is 54.6 Å². The second kappa shape index (κ2) is 9.35. The summed E-state index contributed by atoms with van der Waals surface area (Å²) in [5.41, 5.74) is 0.589. The molecule has 1 unspecified atom stereocenters. The van der Waals surface area contributed by atoms with Gasteiger partial charge in [-0.2, -0.15) is 0 Å². The summed E-state index contributed by atoms with van der Waals surface area (Å²) in [6.45, 7) is 6.95. The fourth-order valence-corrected chi connectivity index (χ4v) is 4.33. The molecule has 4 rings (SSSR count). The highest BCUT2D eigenvalue weighted by molar-refractivity contribution is 6.03. The van der Waals surface area contributed by atoms with Crippen LogP contribution in [0.5, 0.6) is 0 Å². The van der Waals surface area contributed by atoms with Gasteiger partial charge in [-0.1, -0.05) is 36.4 Å². The summed E-state index contributed by atoms with van der Waals surface area (Å²) in [5, 5.41) is 3.90. The molecule has 174 valence electrons. The van der Waals surface area contributed by atoms with Gasteiger partial charge in [0.15, 0.2) is 0 Å². The molecule has 3 aromatic rings. The van der Waals surface area contributed by atoms with Gasteiger partial charge in [-0.25, -0.2) is 4.39 Å². The number of aromatic nitrogens is 1. The Hall–Kier alpha value is -3.19. The van der Waals surface area contributed by atoms with Crippen LogP contribution in [-0.2, 0) is 22.6 Å². The fourth-order valence-electron chi connectivity index (χ4n) is 4.33. The topological polar surface area (TPSA) is 63.6 Å². The number of nitrogens with zero attached hydrogens (tertiary/aromatic N) is 2. The van der Waals surface area contributed by atoms with Gasteiger partial charge in [0, 0.05) is 29.6 Å². The molecule has 1 aliphatic rings. The molecule has 0 aliphatic carbocycles. The summed E-state index contributed by atoms with van der Waals surface area (Å²) < 4.78 is 21.9. The molecule has 0 saturated heterocycles. The van der Waals surface area contributed by atoms with Crippen LogP contribution in [0.4, 0.5) is 4.39 Å². The maximum atomic E-state index is 14.5. The average molecular weight is 452 g/mol. The Morgan fingerprint density at radius 3 is 2.67 bits per heavy atom. The van der Waals surface area contributed by atoms with Crippen molar-refractivity contribution < 1.29 is 18.7 Å². The van der Waals surface area contributed by atoms with Crippen LogP contribution < -0.4 is 5.32 Å². The lowest BCUT2D eigenvalue weighted by Crippen LogP contribution is -2.63. The van der Waals surface area contributed by atoms with Crippen molar-refractivity contribution in [3.63, 3.8) is 0 Å². The Kier molecular flexibility index (Phi) is 6.51. The van der Waals surface area contributed by atoms with Crippen molar-refractivity contribution in [3.8, 4) is 0 Å².